The first-order valence-corrected chi connectivity index (χ1v) is 11.0. The van der Waals surface area contributed by atoms with Crippen LogP contribution in [0.25, 0.3) is 0 Å². The molecule has 1 atom stereocenters. The van der Waals surface area contributed by atoms with E-state index in [2.05, 4.69) is 10.6 Å². The second-order valence-corrected chi connectivity index (χ2v) is 8.87. The van der Waals surface area contributed by atoms with Gasteiger partial charge in [-0.15, -0.1) is 11.3 Å². The van der Waals surface area contributed by atoms with Crippen molar-refractivity contribution >= 4 is 58.0 Å². The molecule has 3 N–H and O–H groups in total. The molecule has 0 aliphatic carbocycles. The molecule has 1 aromatic heterocycles. The molecule has 1 fully saturated rings. The van der Waals surface area contributed by atoms with Crippen molar-refractivity contribution in [2.75, 3.05) is 30.0 Å². The average molecular weight is 480 g/mol. The van der Waals surface area contributed by atoms with Crippen LogP contribution in [0.5, 0.6) is 0 Å². The van der Waals surface area contributed by atoms with E-state index < -0.39 is 23.8 Å². The maximum atomic E-state index is 12.8. The van der Waals surface area contributed by atoms with E-state index in [4.69, 9.17) is 21.4 Å². The second-order valence-electron chi connectivity index (χ2n) is 7.15. The van der Waals surface area contributed by atoms with Gasteiger partial charge in [0, 0.05) is 24.3 Å². The normalized spacial score (nSPS) is 14.7. The van der Waals surface area contributed by atoms with Crippen molar-refractivity contribution in [3.8, 4) is 0 Å². The van der Waals surface area contributed by atoms with Gasteiger partial charge in [0.25, 0.3) is 11.8 Å². The fourth-order valence-corrected chi connectivity index (χ4v) is 4.19. The van der Waals surface area contributed by atoms with Crippen LogP contribution in [-0.4, -0.2) is 54.6 Å². The Morgan fingerprint density at radius 3 is 2.69 bits per heavy atom. The van der Waals surface area contributed by atoms with Crippen molar-refractivity contribution in [1.82, 2.24) is 5.32 Å². The van der Waals surface area contributed by atoms with E-state index >= 15 is 0 Å². The third kappa shape index (κ3) is 6.06. The molecular weight excluding hydrogens is 458 g/mol. The molecular formula is C21H22ClN3O6S. The highest BCUT2D eigenvalue weighted by atomic mass is 35.5. The standard InChI is InChI=1S/C21H22ClN3O6S/c1-12-10-13(2-4-15(12)25-8-9-31-11-18(25)26)23-20(29)14(3-7-19(27)28)24-21(30)16-5-6-17(22)32-16/h2,4-6,10,14H,3,7-9,11H2,1H3,(H,23,29)(H,24,30)(H,27,28)/t14-/m1/s1. The van der Waals surface area contributed by atoms with E-state index in [-0.39, 0.29) is 25.4 Å². The van der Waals surface area contributed by atoms with Crippen LogP contribution in [-0.2, 0) is 19.1 Å². The fourth-order valence-electron chi connectivity index (χ4n) is 3.24. The predicted molar refractivity (Wildman–Crippen MR) is 120 cm³/mol. The number of halogens is 1. The molecule has 1 aromatic carbocycles. The highest BCUT2D eigenvalue weighted by molar-refractivity contribution is 7.18. The second kappa shape index (κ2) is 10.6. The number of carbonyl (C=O) groups is 4. The Balaban J connectivity index is 1.71. The zero-order valence-corrected chi connectivity index (χ0v) is 18.8. The van der Waals surface area contributed by atoms with Crippen LogP contribution in [0.4, 0.5) is 11.4 Å². The largest absolute Gasteiger partial charge is 0.481 e. The van der Waals surface area contributed by atoms with Gasteiger partial charge in [0.15, 0.2) is 0 Å². The highest BCUT2D eigenvalue weighted by Gasteiger charge is 2.25. The van der Waals surface area contributed by atoms with Gasteiger partial charge in [0.05, 0.1) is 15.8 Å². The molecule has 0 bridgehead atoms. The minimum atomic E-state index is -1.08. The first-order valence-electron chi connectivity index (χ1n) is 9.82. The number of ether oxygens (including phenoxy) is 1. The van der Waals surface area contributed by atoms with Gasteiger partial charge in [-0.1, -0.05) is 11.6 Å². The number of carboxylic acids is 1. The Morgan fingerprint density at radius 1 is 1.28 bits per heavy atom. The number of thiophene rings is 1. The van der Waals surface area contributed by atoms with Gasteiger partial charge in [-0.2, -0.15) is 0 Å². The number of aliphatic carboxylic acids is 1. The molecule has 11 heteroatoms. The van der Waals surface area contributed by atoms with Gasteiger partial charge >= 0.3 is 5.97 Å². The fraction of sp³-hybridized carbons (Fsp3) is 0.333. The lowest BCUT2D eigenvalue weighted by atomic mass is 10.1. The van der Waals surface area contributed by atoms with Crippen LogP contribution in [0.15, 0.2) is 30.3 Å². The number of carboxylic acid groups (broad SMARTS) is 1. The Kier molecular flexibility index (Phi) is 7.84. The Morgan fingerprint density at radius 2 is 2.06 bits per heavy atom. The summed E-state index contributed by atoms with van der Waals surface area (Å²) in [6.07, 6.45) is -0.369. The van der Waals surface area contributed by atoms with Crippen molar-refractivity contribution in [3.63, 3.8) is 0 Å². The van der Waals surface area contributed by atoms with E-state index in [1.165, 1.54) is 6.07 Å². The summed E-state index contributed by atoms with van der Waals surface area (Å²) in [6, 6.07) is 7.14. The Labute approximate surface area is 193 Å². The summed E-state index contributed by atoms with van der Waals surface area (Å²) in [5.41, 5.74) is 1.96. The lowest BCUT2D eigenvalue weighted by Crippen LogP contribution is -2.44. The average Bonchev–Trinajstić information content (AvgIpc) is 3.18. The van der Waals surface area contributed by atoms with Crippen molar-refractivity contribution in [2.45, 2.75) is 25.8 Å². The summed E-state index contributed by atoms with van der Waals surface area (Å²) in [6.45, 7) is 2.74. The van der Waals surface area contributed by atoms with Crippen molar-refractivity contribution in [3.05, 3.63) is 45.1 Å². The lowest BCUT2D eigenvalue weighted by molar-refractivity contribution is -0.137. The molecule has 2 heterocycles. The molecule has 1 aliphatic rings. The van der Waals surface area contributed by atoms with Crippen LogP contribution in [0, 0.1) is 6.92 Å². The van der Waals surface area contributed by atoms with Crippen LogP contribution in [0.1, 0.15) is 28.1 Å². The first kappa shape index (κ1) is 23.7. The van der Waals surface area contributed by atoms with Crippen molar-refractivity contribution in [1.29, 1.82) is 0 Å². The van der Waals surface area contributed by atoms with Gasteiger partial charge in [0.1, 0.15) is 12.6 Å². The van der Waals surface area contributed by atoms with E-state index in [9.17, 15) is 19.2 Å². The highest BCUT2D eigenvalue weighted by Crippen LogP contribution is 2.25. The minimum Gasteiger partial charge on any atom is -0.481 e. The van der Waals surface area contributed by atoms with Crippen molar-refractivity contribution in [2.24, 2.45) is 0 Å². The third-order valence-electron chi connectivity index (χ3n) is 4.81. The third-order valence-corrected chi connectivity index (χ3v) is 6.04. The van der Waals surface area contributed by atoms with E-state index in [0.717, 1.165) is 22.6 Å². The molecule has 1 aliphatic heterocycles. The molecule has 3 amide bonds. The van der Waals surface area contributed by atoms with Crippen molar-refractivity contribution < 1.29 is 29.0 Å². The monoisotopic (exact) mass is 479 g/mol. The van der Waals surface area contributed by atoms with Gasteiger partial charge in [-0.05, 0) is 49.2 Å². The molecule has 0 unspecified atom stereocenters. The molecule has 9 nitrogen and oxygen atoms in total. The number of benzene rings is 1. The number of aryl methyl sites for hydroxylation is 1. The SMILES string of the molecule is Cc1cc(NC(=O)[C@@H](CCC(=O)O)NC(=O)c2ccc(Cl)s2)ccc1N1CCOCC1=O. The van der Waals surface area contributed by atoms with Crippen LogP contribution in [0.3, 0.4) is 0 Å². The van der Waals surface area contributed by atoms with Gasteiger partial charge in [-0.25, -0.2) is 0 Å². The van der Waals surface area contributed by atoms with Gasteiger partial charge in [0.2, 0.25) is 5.91 Å². The summed E-state index contributed by atoms with van der Waals surface area (Å²) in [5.74, 6) is -2.27. The van der Waals surface area contributed by atoms with Crippen LogP contribution >= 0.6 is 22.9 Å². The summed E-state index contributed by atoms with van der Waals surface area (Å²) in [4.78, 5) is 50.3. The number of hydrogen-bond acceptors (Lipinski definition) is 6. The molecule has 0 saturated carbocycles. The smallest absolute Gasteiger partial charge is 0.303 e. The van der Waals surface area contributed by atoms with Gasteiger partial charge in [-0.3, -0.25) is 19.2 Å². The molecule has 32 heavy (non-hydrogen) atoms. The number of nitrogens with one attached hydrogen (secondary N) is 2. The van der Waals surface area contributed by atoms with Crippen LogP contribution < -0.4 is 15.5 Å². The quantitative estimate of drug-likeness (QED) is 0.534. The summed E-state index contributed by atoms with van der Waals surface area (Å²) in [5, 5.41) is 14.3. The number of carbonyl (C=O) groups excluding carboxylic acids is 3. The first-order chi connectivity index (χ1) is 15.2. The number of anilines is 2. The van der Waals surface area contributed by atoms with E-state index in [1.807, 2.05) is 6.92 Å². The lowest BCUT2D eigenvalue weighted by Gasteiger charge is -2.28. The maximum absolute atomic E-state index is 12.8. The van der Waals surface area contributed by atoms with E-state index in [1.54, 1.807) is 29.2 Å². The van der Waals surface area contributed by atoms with Gasteiger partial charge < -0.3 is 25.4 Å². The molecule has 170 valence electrons. The molecule has 3 rings (SSSR count). The summed E-state index contributed by atoms with van der Waals surface area (Å²) >= 11 is 6.92. The topological polar surface area (TPSA) is 125 Å². The summed E-state index contributed by atoms with van der Waals surface area (Å²) < 4.78 is 5.58. The predicted octanol–water partition coefficient (Wildman–Crippen LogP) is 2.68. The molecule has 0 radical (unpaired) electrons. The number of hydrogen-bond donors (Lipinski definition) is 3. The maximum Gasteiger partial charge on any atom is 0.303 e. The molecule has 1 saturated heterocycles. The zero-order chi connectivity index (χ0) is 23.3. The number of rotatable bonds is 8. The number of nitrogens with zero attached hydrogens (tertiary/aromatic N) is 1. The Hall–Kier alpha value is -2.95. The number of morpholine rings is 1. The molecule has 0 spiro atoms. The minimum absolute atomic E-state index is 0.0261. The zero-order valence-electron chi connectivity index (χ0n) is 17.2. The van der Waals surface area contributed by atoms with E-state index in [0.29, 0.717) is 28.1 Å². The summed E-state index contributed by atoms with van der Waals surface area (Å²) in [7, 11) is 0. The number of amides is 3. The van der Waals surface area contributed by atoms with Crippen LogP contribution in [0.2, 0.25) is 4.34 Å². The molecule has 2 aromatic rings. The Bertz CT molecular complexity index is 1040.